The number of hydrogen-bond donors (Lipinski definition) is 3. The Bertz CT molecular complexity index is 434. The highest BCUT2D eigenvalue weighted by molar-refractivity contribution is 5.94. The van der Waals surface area contributed by atoms with E-state index in [1.165, 1.54) is 0 Å². The van der Waals surface area contributed by atoms with Gasteiger partial charge in [0.15, 0.2) is 6.61 Å². The van der Waals surface area contributed by atoms with Gasteiger partial charge in [-0.1, -0.05) is 12.1 Å². The van der Waals surface area contributed by atoms with Crippen LogP contribution in [0.4, 0.5) is 4.79 Å². The second-order valence-corrected chi connectivity index (χ2v) is 3.78. The molecule has 1 unspecified atom stereocenters. The Morgan fingerprint density at radius 2 is 2.17 bits per heavy atom. The van der Waals surface area contributed by atoms with Crippen molar-refractivity contribution in [3.05, 3.63) is 29.8 Å². The third-order valence-electron chi connectivity index (χ3n) is 2.42. The molecule has 0 radical (unpaired) electrons. The van der Waals surface area contributed by atoms with Crippen LogP contribution in [0, 0.1) is 0 Å². The molecule has 1 rings (SSSR count). The molecule has 1 aromatic rings. The lowest BCUT2D eigenvalue weighted by molar-refractivity contribution is -0.121. The largest absolute Gasteiger partial charge is 0.484 e. The van der Waals surface area contributed by atoms with Crippen LogP contribution in [0.3, 0.4) is 0 Å². The second-order valence-electron chi connectivity index (χ2n) is 3.78. The van der Waals surface area contributed by atoms with Crippen molar-refractivity contribution in [2.24, 2.45) is 5.73 Å². The van der Waals surface area contributed by atoms with E-state index in [4.69, 9.17) is 10.5 Å². The summed E-state index contributed by atoms with van der Waals surface area (Å²) < 4.78 is 5.26. The SMILES string of the molecule is CNC(C)c1cccc(OCC(=O)NC(N)=O)c1. The molecular formula is C12H17N3O3. The zero-order valence-electron chi connectivity index (χ0n) is 10.4. The number of ether oxygens (including phenoxy) is 1. The first-order valence-electron chi connectivity index (χ1n) is 5.52. The Hall–Kier alpha value is -2.08. The Kier molecular flexibility index (Phi) is 5.13. The van der Waals surface area contributed by atoms with Gasteiger partial charge in [0.05, 0.1) is 0 Å². The zero-order valence-corrected chi connectivity index (χ0v) is 10.4. The zero-order chi connectivity index (χ0) is 13.5. The molecule has 1 aromatic carbocycles. The second kappa shape index (κ2) is 6.61. The molecule has 0 bridgehead atoms. The average Bonchev–Trinajstić information content (AvgIpc) is 2.35. The van der Waals surface area contributed by atoms with Crippen molar-refractivity contribution in [3.63, 3.8) is 0 Å². The number of carbonyl (C=O) groups excluding carboxylic acids is 2. The molecule has 0 heterocycles. The fraction of sp³-hybridized carbons (Fsp3) is 0.333. The van der Waals surface area contributed by atoms with Gasteiger partial charge in [-0.3, -0.25) is 10.1 Å². The van der Waals surface area contributed by atoms with Crippen LogP contribution in [-0.2, 0) is 4.79 Å². The molecule has 4 N–H and O–H groups in total. The fourth-order valence-corrected chi connectivity index (χ4v) is 1.36. The minimum atomic E-state index is -0.888. The van der Waals surface area contributed by atoms with Gasteiger partial charge in [0.2, 0.25) is 0 Å². The van der Waals surface area contributed by atoms with Gasteiger partial charge in [-0.25, -0.2) is 4.79 Å². The van der Waals surface area contributed by atoms with E-state index in [0.29, 0.717) is 5.75 Å². The monoisotopic (exact) mass is 251 g/mol. The summed E-state index contributed by atoms with van der Waals surface area (Å²) in [7, 11) is 1.86. The van der Waals surface area contributed by atoms with Crippen LogP contribution in [-0.4, -0.2) is 25.6 Å². The van der Waals surface area contributed by atoms with Crippen molar-refractivity contribution in [2.45, 2.75) is 13.0 Å². The molecule has 6 heteroatoms. The molecule has 98 valence electrons. The number of amides is 3. The van der Waals surface area contributed by atoms with Gasteiger partial charge in [0, 0.05) is 6.04 Å². The molecule has 0 saturated heterocycles. The molecule has 0 aliphatic carbocycles. The van der Waals surface area contributed by atoms with E-state index in [1.54, 1.807) is 6.07 Å². The number of nitrogens with one attached hydrogen (secondary N) is 2. The van der Waals surface area contributed by atoms with Crippen molar-refractivity contribution in [3.8, 4) is 5.75 Å². The Morgan fingerprint density at radius 3 is 2.78 bits per heavy atom. The van der Waals surface area contributed by atoms with E-state index in [-0.39, 0.29) is 12.6 Å². The van der Waals surface area contributed by atoms with E-state index >= 15 is 0 Å². The number of nitrogens with two attached hydrogens (primary N) is 1. The fourth-order valence-electron chi connectivity index (χ4n) is 1.36. The molecule has 0 fully saturated rings. The first-order valence-corrected chi connectivity index (χ1v) is 5.52. The van der Waals surface area contributed by atoms with Gasteiger partial charge < -0.3 is 15.8 Å². The van der Waals surface area contributed by atoms with Crippen LogP contribution in [0.2, 0.25) is 0 Å². The van der Waals surface area contributed by atoms with E-state index in [2.05, 4.69) is 5.32 Å². The molecule has 0 aromatic heterocycles. The molecule has 0 aliphatic rings. The third-order valence-corrected chi connectivity index (χ3v) is 2.42. The Balaban J connectivity index is 2.57. The first kappa shape index (κ1) is 14.0. The first-order chi connectivity index (χ1) is 8.52. The van der Waals surface area contributed by atoms with Crippen molar-refractivity contribution in [2.75, 3.05) is 13.7 Å². The maximum absolute atomic E-state index is 11.2. The van der Waals surface area contributed by atoms with Crippen LogP contribution in [0.25, 0.3) is 0 Å². The van der Waals surface area contributed by atoms with Crippen LogP contribution in [0.1, 0.15) is 18.5 Å². The van der Waals surface area contributed by atoms with E-state index in [0.717, 1.165) is 5.56 Å². The number of urea groups is 1. The van der Waals surface area contributed by atoms with Gasteiger partial charge in [-0.2, -0.15) is 0 Å². The highest BCUT2D eigenvalue weighted by Crippen LogP contribution is 2.18. The van der Waals surface area contributed by atoms with Gasteiger partial charge in [-0.15, -0.1) is 0 Å². The minimum Gasteiger partial charge on any atom is -0.484 e. The van der Waals surface area contributed by atoms with Crippen molar-refractivity contribution >= 4 is 11.9 Å². The lowest BCUT2D eigenvalue weighted by atomic mass is 10.1. The smallest absolute Gasteiger partial charge is 0.318 e. The van der Waals surface area contributed by atoms with Gasteiger partial charge in [0.1, 0.15) is 5.75 Å². The van der Waals surface area contributed by atoms with Crippen molar-refractivity contribution in [1.82, 2.24) is 10.6 Å². The van der Waals surface area contributed by atoms with Crippen molar-refractivity contribution in [1.29, 1.82) is 0 Å². The lowest BCUT2D eigenvalue weighted by Crippen LogP contribution is -2.38. The van der Waals surface area contributed by atoms with Gasteiger partial charge in [0.25, 0.3) is 5.91 Å². The maximum atomic E-state index is 11.2. The Morgan fingerprint density at radius 1 is 1.44 bits per heavy atom. The standard InChI is InChI=1S/C12H17N3O3/c1-8(14-2)9-4-3-5-10(6-9)18-7-11(16)15-12(13)17/h3-6,8,14H,7H2,1-2H3,(H3,13,15,16,17). The maximum Gasteiger partial charge on any atom is 0.318 e. The molecule has 1 atom stereocenters. The molecular weight excluding hydrogens is 234 g/mol. The predicted octanol–water partition coefficient (Wildman–Crippen LogP) is 0.541. The summed E-state index contributed by atoms with van der Waals surface area (Å²) in [5, 5.41) is 5.03. The molecule has 0 aliphatic heterocycles. The normalized spacial score (nSPS) is 11.7. The Labute approximate surface area is 105 Å². The molecule has 18 heavy (non-hydrogen) atoms. The summed E-state index contributed by atoms with van der Waals surface area (Å²) in [5.41, 5.74) is 5.86. The highest BCUT2D eigenvalue weighted by atomic mass is 16.5. The summed E-state index contributed by atoms with van der Waals surface area (Å²) >= 11 is 0. The summed E-state index contributed by atoms with van der Waals surface area (Å²) in [6.45, 7) is 1.76. The average molecular weight is 251 g/mol. The number of carbonyl (C=O) groups is 2. The van der Waals surface area contributed by atoms with Gasteiger partial charge >= 0.3 is 6.03 Å². The lowest BCUT2D eigenvalue weighted by Gasteiger charge is -2.12. The van der Waals surface area contributed by atoms with Crippen LogP contribution < -0.4 is 21.1 Å². The summed E-state index contributed by atoms with van der Waals surface area (Å²) in [6.07, 6.45) is 0. The van der Waals surface area contributed by atoms with E-state index in [1.807, 2.05) is 37.5 Å². The van der Waals surface area contributed by atoms with Crippen LogP contribution >= 0.6 is 0 Å². The van der Waals surface area contributed by atoms with Gasteiger partial charge in [-0.05, 0) is 31.7 Å². The summed E-state index contributed by atoms with van der Waals surface area (Å²) in [6, 6.07) is 6.67. The highest BCUT2D eigenvalue weighted by Gasteiger charge is 2.07. The minimum absolute atomic E-state index is 0.188. The van der Waals surface area contributed by atoms with Crippen LogP contribution in [0.15, 0.2) is 24.3 Å². The number of rotatable bonds is 5. The molecule has 0 saturated carbocycles. The number of primary amides is 1. The van der Waals surface area contributed by atoms with Crippen molar-refractivity contribution < 1.29 is 14.3 Å². The summed E-state index contributed by atoms with van der Waals surface area (Å²) in [4.78, 5) is 21.6. The topological polar surface area (TPSA) is 93.4 Å². The summed E-state index contributed by atoms with van der Waals surface area (Å²) in [5.74, 6) is -0.0104. The molecule has 3 amide bonds. The van der Waals surface area contributed by atoms with Crippen LogP contribution in [0.5, 0.6) is 5.75 Å². The number of imide groups is 1. The third kappa shape index (κ3) is 4.42. The predicted molar refractivity (Wildman–Crippen MR) is 67.1 cm³/mol. The molecule has 0 spiro atoms. The molecule has 6 nitrogen and oxygen atoms in total. The number of benzene rings is 1. The quantitative estimate of drug-likeness (QED) is 0.712. The number of hydrogen-bond acceptors (Lipinski definition) is 4. The van der Waals surface area contributed by atoms with E-state index < -0.39 is 11.9 Å². The van der Waals surface area contributed by atoms with E-state index in [9.17, 15) is 9.59 Å².